The van der Waals surface area contributed by atoms with E-state index in [4.69, 9.17) is 15.9 Å². The Balaban J connectivity index is 2.01. The Bertz CT molecular complexity index is 685. The van der Waals surface area contributed by atoms with Crippen LogP contribution >= 0.6 is 15.9 Å². The van der Waals surface area contributed by atoms with Crippen molar-refractivity contribution in [1.29, 1.82) is 5.41 Å². The molecule has 4 nitrogen and oxygen atoms in total. The number of nitrogens with zero attached hydrogens (tertiary/aromatic N) is 1. The van der Waals surface area contributed by atoms with Gasteiger partial charge in [0.25, 0.3) is 0 Å². The number of nitrogens with one attached hydrogen (secondary N) is 1. The van der Waals surface area contributed by atoms with Crippen molar-refractivity contribution in [3.05, 3.63) is 51.6 Å². The summed E-state index contributed by atoms with van der Waals surface area (Å²) in [6.07, 6.45) is 3.06. The summed E-state index contributed by atoms with van der Waals surface area (Å²) in [6, 6.07) is 9.46. The SMILES string of the molecule is N=C(N)c1cc2c(nc1Oc1cccc(Br)c1)CCC2. The van der Waals surface area contributed by atoms with Crippen LogP contribution in [0, 0.1) is 5.41 Å². The van der Waals surface area contributed by atoms with Crippen LogP contribution < -0.4 is 10.5 Å². The highest BCUT2D eigenvalue weighted by atomic mass is 79.9. The molecule has 1 aromatic carbocycles. The van der Waals surface area contributed by atoms with Crippen molar-refractivity contribution in [2.75, 3.05) is 0 Å². The van der Waals surface area contributed by atoms with Gasteiger partial charge in [0.2, 0.25) is 5.88 Å². The first kappa shape index (κ1) is 13.1. The third kappa shape index (κ3) is 2.54. The number of aryl methyl sites for hydroxylation is 2. The Morgan fingerprint density at radius 2 is 2.15 bits per heavy atom. The number of aromatic nitrogens is 1. The van der Waals surface area contributed by atoms with Crippen molar-refractivity contribution in [1.82, 2.24) is 4.98 Å². The molecule has 1 aromatic heterocycles. The van der Waals surface area contributed by atoms with Crippen LogP contribution in [0.4, 0.5) is 0 Å². The molecule has 0 saturated heterocycles. The van der Waals surface area contributed by atoms with Gasteiger partial charge in [-0.25, -0.2) is 4.98 Å². The predicted octanol–water partition coefficient (Wildman–Crippen LogP) is 3.41. The zero-order valence-electron chi connectivity index (χ0n) is 10.8. The molecule has 1 heterocycles. The summed E-state index contributed by atoms with van der Waals surface area (Å²) in [5.41, 5.74) is 8.44. The Hall–Kier alpha value is -1.88. The molecule has 0 spiro atoms. The van der Waals surface area contributed by atoms with Gasteiger partial charge < -0.3 is 10.5 Å². The van der Waals surface area contributed by atoms with Gasteiger partial charge in [-0.3, -0.25) is 5.41 Å². The van der Waals surface area contributed by atoms with Crippen LogP contribution in [0.2, 0.25) is 0 Å². The van der Waals surface area contributed by atoms with E-state index in [0.717, 1.165) is 29.4 Å². The van der Waals surface area contributed by atoms with Gasteiger partial charge >= 0.3 is 0 Å². The smallest absolute Gasteiger partial charge is 0.230 e. The number of pyridine rings is 1. The number of nitrogens with two attached hydrogens (primary N) is 1. The number of amidine groups is 1. The molecule has 0 fully saturated rings. The van der Waals surface area contributed by atoms with Gasteiger partial charge in [0.15, 0.2) is 0 Å². The van der Waals surface area contributed by atoms with E-state index in [-0.39, 0.29) is 5.84 Å². The van der Waals surface area contributed by atoms with Crippen molar-refractivity contribution in [3.8, 4) is 11.6 Å². The van der Waals surface area contributed by atoms with Gasteiger partial charge in [-0.1, -0.05) is 22.0 Å². The van der Waals surface area contributed by atoms with E-state index >= 15 is 0 Å². The predicted molar refractivity (Wildman–Crippen MR) is 81.5 cm³/mol. The lowest BCUT2D eigenvalue weighted by Crippen LogP contribution is -2.14. The molecule has 3 N–H and O–H groups in total. The van der Waals surface area contributed by atoms with Gasteiger partial charge in [-0.2, -0.15) is 0 Å². The molecule has 0 atom stereocenters. The maximum atomic E-state index is 7.70. The number of rotatable bonds is 3. The molecule has 1 aliphatic carbocycles. The monoisotopic (exact) mass is 331 g/mol. The average Bonchev–Trinajstić information content (AvgIpc) is 2.84. The minimum absolute atomic E-state index is 0.0165. The zero-order valence-corrected chi connectivity index (χ0v) is 12.4. The van der Waals surface area contributed by atoms with Gasteiger partial charge in [0.1, 0.15) is 11.6 Å². The Morgan fingerprint density at radius 3 is 2.90 bits per heavy atom. The molecule has 102 valence electrons. The summed E-state index contributed by atoms with van der Waals surface area (Å²) in [5.74, 6) is 1.07. The molecule has 1 aliphatic rings. The summed E-state index contributed by atoms with van der Waals surface area (Å²) in [6.45, 7) is 0. The summed E-state index contributed by atoms with van der Waals surface area (Å²) in [7, 11) is 0. The van der Waals surface area contributed by atoms with E-state index < -0.39 is 0 Å². The Labute approximate surface area is 125 Å². The maximum absolute atomic E-state index is 7.70. The molecule has 0 saturated carbocycles. The first-order valence-electron chi connectivity index (χ1n) is 6.44. The lowest BCUT2D eigenvalue weighted by atomic mass is 10.1. The molecule has 0 aliphatic heterocycles. The second-order valence-electron chi connectivity index (χ2n) is 4.77. The first-order chi connectivity index (χ1) is 9.63. The van der Waals surface area contributed by atoms with Crippen molar-refractivity contribution >= 4 is 21.8 Å². The van der Waals surface area contributed by atoms with Crippen molar-refractivity contribution in [3.63, 3.8) is 0 Å². The second-order valence-corrected chi connectivity index (χ2v) is 5.69. The minimum atomic E-state index is -0.0165. The topological polar surface area (TPSA) is 72.0 Å². The zero-order chi connectivity index (χ0) is 14.1. The van der Waals surface area contributed by atoms with Crippen LogP contribution in [0.1, 0.15) is 23.2 Å². The molecule has 0 radical (unpaired) electrons. The van der Waals surface area contributed by atoms with Crippen LogP contribution in [0.3, 0.4) is 0 Å². The van der Waals surface area contributed by atoms with Crippen LogP contribution in [0.25, 0.3) is 0 Å². The van der Waals surface area contributed by atoms with Gasteiger partial charge in [0.05, 0.1) is 5.56 Å². The lowest BCUT2D eigenvalue weighted by Gasteiger charge is -2.11. The van der Waals surface area contributed by atoms with E-state index in [1.807, 2.05) is 30.3 Å². The standard InChI is InChI=1S/C15H14BrN3O/c16-10-4-2-5-11(8-10)20-15-12(14(17)18)7-9-3-1-6-13(9)19-15/h2,4-5,7-8H,1,3,6H2,(H3,17,18). The van der Waals surface area contributed by atoms with E-state index in [0.29, 0.717) is 17.2 Å². The summed E-state index contributed by atoms with van der Waals surface area (Å²) >= 11 is 3.41. The fraction of sp³-hybridized carbons (Fsp3) is 0.200. The maximum Gasteiger partial charge on any atom is 0.230 e. The molecule has 0 amide bonds. The first-order valence-corrected chi connectivity index (χ1v) is 7.23. The fourth-order valence-electron chi connectivity index (χ4n) is 2.37. The number of nitrogen functional groups attached to an aromatic ring is 1. The fourth-order valence-corrected chi connectivity index (χ4v) is 2.74. The number of hydrogen-bond donors (Lipinski definition) is 2. The van der Waals surface area contributed by atoms with Gasteiger partial charge in [-0.05, 0) is 49.1 Å². The minimum Gasteiger partial charge on any atom is -0.438 e. The number of halogens is 1. The van der Waals surface area contributed by atoms with Crippen molar-refractivity contribution in [2.24, 2.45) is 5.73 Å². The van der Waals surface area contributed by atoms with Crippen LogP contribution in [-0.4, -0.2) is 10.8 Å². The summed E-state index contributed by atoms with van der Waals surface area (Å²) < 4.78 is 6.75. The third-order valence-corrected chi connectivity index (χ3v) is 3.81. The highest BCUT2D eigenvalue weighted by Gasteiger charge is 2.19. The third-order valence-electron chi connectivity index (χ3n) is 3.32. The summed E-state index contributed by atoms with van der Waals surface area (Å²) in [4.78, 5) is 4.54. The van der Waals surface area contributed by atoms with Crippen LogP contribution in [0.15, 0.2) is 34.8 Å². The molecular weight excluding hydrogens is 318 g/mol. The van der Waals surface area contributed by atoms with Gasteiger partial charge in [-0.15, -0.1) is 0 Å². The highest BCUT2D eigenvalue weighted by molar-refractivity contribution is 9.10. The molecule has 0 unspecified atom stereocenters. The van der Waals surface area contributed by atoms with Crippen molar-refractivity contribution in [2.45, 2.75) is 19.3 Å². The second kappa shape index (κ2) is 5.25. The van der Waals surface area contributed by atoms with E-state index in [9.17, 15) is 0 Å². The van der Waals surface area contributed by atoms with E-state index in [1.165, 1.54) is 5.56 Å². The molecule has 3 rings (SSSR count). The molecular formula is C15H14BrN3O. The summed E-state index contributed by atoms with van der Waals surface area (Å²) in [5, 5.41) is 7.70. The van der Waals surface area contributed by atoms with E-state index in [1.54, 1.807) is 0 Å². The van der Waals surface area contributed by atoms with Crippen LogP contribution in [-0.2, 0) is 12.8 Å². The number of hydrogen-bond acceptors (Lipinski definition) is 3. The normalized spacial score (nSPS) is 13.1. The molecule has 5 heteroatoms. The number of ether oxygens (including phenoxy) is 1. The van der Waals surface area contributed by atoms with Gasteiger partial charge in [0, 0.05) is 10.2 Å². The van der Waals surface area contributed by atoms with Crippen LogP contribution in [0.5, 0.6) is 11.6 Å². The quantitative estimate of drug-likeness (QED) is 0.668. The lowest BCUT2D eigenvalue weighted by molar-refractivity contribution is 0.459. The Kier molecular flexibility index (Phi) is 3.44. The molecule has 20 heavy (non-hydrogen) atoms. The largest absolute Gasteiger partial charge is 0.438 e. The average molecular weight is 332 g/mol. The number of benzene rings is 1. The van der Waals surface area contributed by atoms with E-state index in [2.05, 4.69) is 20.9 Å². The molecule has 2 aromatic rings. The van der Waals surface area contributed by atoms with Crippen molar-refractivity contribution < 1.29 is 4.74 Å². The highest BCUT2D eigenvalue weighted by Crippen LogP contribution is 2.30. The molecule has 0 bridgehead atoms. The Morgan fingerprint density at radius 1 is 1.30 bits per heavy atom. The number of fused-ring (bicyclic) bond motifs is 1.